The van der Waals surface area contributed by atoms with Crippen LogP contribution < -0.4 is 0 Å². The summed E-state index contributed by atoms with van der Waals surface area (Å²) in [4.78, 5) is 4.08. The van der Waals surface area contributed by atoms with Crippen molar-refractivity contribution in [1.29, 1.82) is 0 Å². The Morgan fingerprint density at radius 2 is 2.37 bits per heavy atom. The quantitative estimate of drug-likeness (QED) is 0.908. The van der Waals surface area contributed by atoms with Crippen molar-refractivity contribution < 1.29 is 9.32 Å². The first-order valence-corrected chi connectivity index (χ1v) is 8.03. The van der Waals surface area contributed by atoms with E-state index in [4.69, 9.17) is 11.6 Å². The summed E-state index contributed by atoms with van der Waals surface area (Å²) in [7, 11) is -1.32. The van der Waals surface area contributed by atoms with Crippen LogP contribution in [-0.4, -0.2) is 37.3 Å². The van der Waals surface area contributed by atoms with Gasteiger partial charge in [-0.05, 0) is 25.0 Å². The molecule has 2 heterocycles. The monoisotopic (exact) mass is 302 g/mol. The first-order valence-electron chi connectivity index (χ1n) is 6.55. The van der Waals surface area contributed by atoms with E-state index >= 15 is 0 Å². The van der Waals surface area contributed by atoms with Gasteiger partial charge < -0.3 is 5.11 Å². The third-order valence-corrected chi connectivity index (χ3v) is 5.01. The van der Waals surface area contributed by atoms with Crippen LogP contribution in [0.25, 0.3) is 0 Å². The molecule has 0 aromatic carbocycles. The van der Waals surface area contributed by atoms with E-state index in [1.807, 2.05) is 0 Å². The minimum absolute atomic E-state index is 0.448. The van der Waals surface area contributed by atoms with E-state index in [2.05, 4.69) is 11.9 Å². The molecule has 0 radical (unpaired) electrons. The second-order valence-corrected chi connectivity index (χ2v) is 6.87. The number of aliphatic hydroxyl groups is 1. The van der Waals surface area contributed by atoms with Gasteiger partial charge in [-0.1, -0.05) is 31.4 Å². The Morgan fingerprint density at radius 1 is 1.58 bits per heavy atom. The maximum absolute atomic E-state index is 12.3. The molecule has 106 valence electrons. The molecule has 0 aliphatic carbocycles. The van der Waals surface area contributed by atoms with Crippen molar-refractivity contribution in [3.63, 3.8) is 0 Å². The maximum atomic E-state index is 12.3. The van der Waals surface area contributed by atoms with Crippen molar-refractivity contribution in [2.75, 3.05) is 13.1 Å². The lowest BCUT2D eigenvalue weighted by Gasteiger charge is -2.22. The normalized spacial score (nSPS) is 25.6. The molecule has 2 unspecified atom stereocenters. The van der Waals surface area contributed by atoms with Crippen LogP contribution in [-0.2, 0) is 11.0 Å². The lowest BCUT2D eigenvalue weighted by atomic mass is 9.96. The van der Waals surface area contributed by atoms with E-state index in [-0.39, 0.29) is 0 Å². The van der Waals surface area contributed by atoms with Gasteiger partial charge in [-0.3, -0.25) is 0 Å². The van der Waals surface area contributed by atoms with Gasteiger partial charge in [0.2, 0.25) is 0 Å². The third kappa shape index (κ3) is 3.75. The molecule has 0 amide bonds. The number of aromatic nitrogens is 1. The summed E-state index contributed by atoms with van der Waals surface area (Å²) in [6.45, 7) is 3.19. The van der Waals surface area contributed by atoms with Gasteiger partial charge in [0.25, 0.3) is 0 Å². The van der Waals surface area contributed by atoms with Gasteiger partial charge in [-0.15, -0.1) is 0 Å². The number of halogens is 1. The zero-order valence-corrected chi connectivity index (χ0v) is 12.6. The van der Waals surface area contributed by atoms with Gasteiger partial charge in [0.15, 0.2) is 0 Å². The van der Waals surface area contributed by atoms with Crippen LogP contribution in [0.2, 0.25) is 5.02 Å². The molecule has 2 rings (SSSR count). The highest BCUT2D eigenvalue weighted by Gasteiger charge is 2.38. The van der Waals surface area contributed by atoms with E-state index < -0.39 is 16.6 Å². The van der Waals surface area contributed by atoms with Crippen molar-refractivity contribution >= 4 is 22.6 Å². The number of hydrogen-bond donors (Lipinski definition) is 1. The molecular formula is C13H19ClN2O2S. The Morgan fingerprint density at radius 3 is 3.00 bits per heavy atom. The van der Waals surface area contributed by atoms with Gasteiger partial charge in [-0.2, -0.15) is 0 Å². The summed E-state index contributed by atoms with van der Waals surface area (Å²) in [6, 6.07) is 3.35. The van der Waals surface area contributed by atoms with Gasteiger partial charge in [-0.25, -0.2) is 13.5 Å². The van der Waals surface area contributed by atoms with Gasteiger partial charge in [0.1, 0.15) is 16.0 Å². The average Bonchev–Trinajstić information content (AvgIpc) is 2.80. The predicted molar refractivity (Wildman–Crippen MR) is 76.3 cm³/mol. The Balaban J connectivity index is 2.00. The molecule has 1 fully saturated rings. The van der Waals surface area contributed by atoms with Crippen molar-refractivity contribution in [2.45, 2.75) is 43.2 Å². The highest BCUT2D eigenvalue weighted by Crippen LogP contribution is 2.28. The molecule has 1 aliphatic rings. The zero-order chi connectivity index (χ0) is 13.9. The van der Waals surface area contributed by atoms with Crippen molar-refractivity contribution in [3.05, 3.63) is 23.4 Å². The van der Waals surface area contributed by atoms with Crippen molar-refractivity contribution in [1.82, 2.24) is 9.29 Å². The van der Waals surface area contributed by atoms with Crippen molar-refractivity contribution in [2.24, 2.45) is 0 Å². The van der Waals surface area contributed by atoms with Crippen LogP contribution in [0.3, 0.4) is 0 Å². The number of unbranched alkanes of at least 4 members (excludes halogenated alkanes) is 1. The molecule has 4 nitrogen and oxygen atoms in total. The molecule has 1 saturated heterocycles. The fourth-order valence-electron chi connectivity index (χ4n) is 2.27. The first kappa shape index (κ1) is 14.9. The summed E-state index contributed by atoms with van der Waals surface area (Å²) < 4.78 is 14.1. The number of rotatable bonds is 5. The summed E-state index contributed by atoms with van der Waals surface area (Å²) in [6.07, 6.45) is 4.99. The maximum Gasteiger partial charge on any atom is 0.146 e. The Labute approximate surface area is 121 Å². The molecule has 1 aromatic rings. The molecule has 1 aromatic heterocycles. The zero-order valence-electron chi connectivity index (χ0n) is 11.0. The Bertz CT molecular complexity index is 454. The van der Waals surface area contributed by atoms with Crippen molar-refractivity contribution in [3.8, 4) is 0 Å². The fraction of sp³-hybridized carbons (Fsp3) is 0.615. The standard InChI is InChI=1S/C13H19ClN2O2S/c1-2-3-6-13(17)7-8-16(10-13)19(18)12-5-4-11(14)9-15-12/h4-5,9,17H,2-3,6-8,10H2,1H3. The van der Waals surface area contributed by atoms with E-state index in [1.165, 1.54) is 6.20 Å². The summed E-state index contributed by atoms with van der Waals surface area (Å²) in [5.41, 5.74) is -0.696. The van der Waals surface area contributed by atoms with E-state index in [0.29, 0.717) is 29.6 Å². The van der Waals surface area contributed by atoms with Crippen LogP contribution in [0.4, 0.5) is 0 Å². The Hall–Kier alpha value is -0.490. The predicted octanol–water partition coefficient (Wildman–Crippen LogP) is 2.38. The lowest BCUT2D eigenvalue weighted by molar-refractivity contribution is 0.0451. The molecule has 19 heavy (non-hydrogen) atoms. The fourth-order valence-corrected chi connectivity index (χ4v) is 3.59. The largest absolute Gasteiger partial charge is 0.388 e. The van der Waals surface area contributed by atoms with Crippen LogP contribution in [0.1, 0.15) is 32.6 Å². The topological polar surface area (TPSA) is 53.4 Å². The molecular weight excluding hydrogens is 284 g/mol. The number of pyridine rings is 1. The lowest BCUT2D eigenvalue weighted by Crippen LogP contribution is -2.34. The van der Waals surface area contributed by atoms with Crippen LogP contribution in [0.5, 0.6) is 0 Å². The average molecular weight is 303 g/mol. The molecule has 2 atom stereocenters. The smallest absolute Gasteiger partial charge is 0.146 e. The highest BCUT2D eigenvalue weighted by molar-refractivity contribution is 7.82. The molecule has 1 aliphatic heterocycles. The van der Waals surface area contributed by atoms with Gasteiger partial charge in [0, 0.05) is 19.3 Å². The summed E-state index contributed by atoms with van der Waals surface area (Å²) in [5.74, 6) is 0. The first-order chi connectivity index (χ1) is 9.04. The minimum Gasteiger partial charge on any atom is -0.388 e. The van der Waals surface area contributed by atoms with Crippen LogP contribution in [0.15, 0.2) is 23.4 Å². The summed E-state index contributed by atoms with van der Waals surface area (Å²) >= 11 is 5.76. The number of β-amino-alcohol motifs (C(OH)–C–C–N with tert-alkyl or cyclic N) is 1. The molecule has 0 bridgehead atoms. The highest BCUT2D eigenvalue weighted by atomic mass is 35.5. The third-order valence-electron chi connectivity index (χ3n) is 3.41. The summed E-state index contributed by atoms with van der Waals surface area (Å²) in [5, 5.41) is 11.4. The molecule has 1 N–H and O–H groups in total. The molecule has 0 saturated carbocycles. The number of nitrogens with zero attached hydrogens (tertiary/aromatic N) is 2. The van der Waals surface area contributed by atoms with Crippen LogP contribution >= 0.6 is 11.6 Å². The second kappa shape index (κ2) is 6.31. The number of hydrogen-bond acceptors (Lipinski definition) is 3. The van der Waals surface area contributed by atoms with E-state index in [9.17, 15) is 9.32 Å². The van der Waals surface area contributed by atoms with E-state index in [0.717, 1.165) is 19.3 Å². The van der Waals surface area contributed by atoms with Gasteiger partial charge >= 0.3 is 0 Å². The van der Waals surface area contributed by atoms with Gasteiger partial charge in [0.05, 0.1) is 10.6 Å². The van der Waals surface area contributed by atoms with E-state index in [1.54, 1.807) is 16.4 Å². The SMILES string of the molecule is CCCCC1(O)CCN(S(=O)c2ccc(Cl)cn2)C1. The van der Waals surface area contributed by atoms with Crippen LogP contribution in [0, 0.1) is 0 Å². The molecule has 0 spiro atoms. The Kier molecular flexibility index (Phi) is 4.95. The molecule has 6 heteroatoms. The second-order valence-electron chi connectivity index (χ2n) is 5.01. The minimum atomic E-state index is -1.32.